The Kier molecular flexibility index (Phi) is 7.70. The normalized spacial score (nSPS) is 13.5. The van der Waals surface area contributed by atoms with Gasteiger partial charge >= 0.3 is 5.97 Å². The van der Waals surface area contributed by atoms with Gasteiger partial charge in [0.25, 0.3) is 0 Å². The van der Waals surface area contributed by atoms with E-state index in [2.05, 4.69) is 33.9 Å². The molecule has 134 valence electrons. The minimum atomic E-state index is -2.11. The molecule has 0 aliphatic rings. The number of hydrogen-bond donors (Lipinski definition) is 1. The van der Waals surface area contributed by atoms with Crippen molar-refractivity contribution in [2.45, 2.75) is 63.6 Å². The smallest absolute Gasteiger partial charge is 0.305 e. The lowest BCUT2D eigenvalue weighted by atomic mass is 10.2. The van der Waals surface area contributed by atoms with Crippen LogP contribution in [-0.4, -0.2) is 30.6 Å². The lowest BCUT2D eigenvalue weighted by molar-refractivity contribution is -0.139. The second-order valence-electron chi connectivity index (χ2n) is 7.45. The van der Waals surface area contributed by atoms with Gasteiger partial charge in [0.2, 0.25) is 0 Å². The summed E-state index contributed by atoms with van der Waals surface area (Å²) in [6.07, 6.45) is -0.556. The zero-order chi connectivity index (χ0) is 18.4. The average molecular weight is 369 g/mol. The fourth-order valence-electron chi connectivity index (χ4n) is 1.93. The maximum atomic E-state index is 12.2. The fourth-order valence-corrected chi connectivity index (χ4v) is 4.10. The molecule has 1 aromatic carbocycles. The molecule has 6 heteroatoms. The number of thioether (sulfide) groups is 1. The van der Waals surface area contributed by atoms with Crippen LogP contribution in [0.15, 0.2) is 30.3 Å². The van der Waals surface area contributed by atoms with Gasteiger partial charge in [-0.3, -0.25) is 9.59 Å². The molecule has 0 aliphatic heterocycles. The molecule has 0 bridgehead atoms. The van der Waals surface area contributed by atoms with Gasteiger partial charge in [-0.25, -0.2) is 0 Å². The SMILES string of the molecule is CC(C)(C)[Si](C)(C)O[C@@H](CC(=O)O)CC(=O)SCc1ccccc1. The van der Waals surface area contributed by atoms with Crippen LogP contribution in [0.2, 0.25) is 18.1 Å². The largest absolute Gasteiger partial charge is 0.481 e. The van der Waals surface area contributed by atoms with Crippen molar-refractivity contribution in [3.8, 4) is 0 Å². The van der Waals surface area contributed by atoms with Gasteiger partial charge in [0.05, 0.1) is 12.5 Å². The Hall–Kier alpha value is -1.11. The molecule has 0 amide bonds. The first-order valence-electron chi connectivity index (χ1n) is 8.10. The molecule has 24 heavy (non-hydrogen) atoms. The molecular weight excluding hydrogens is 340 g/mol. The molecule has 0 spiro atoms. The van der Waals surface area contributed by atoms with E-state index in [0.29, 0.717) is 5.75 Å². The van der Waals surface area contributed by atoms with Crippen LogP contribution in [0.4, 0.5) is 0 Å². The van der Waals surface area contributed by atoms with Gasteiger partial charge in [-0.1, -0.05) is 62.9 Å². The van der Waals surface area contributed by atoms with Crippen LogP contribution in [0.25, 0.3) is 0 Å². The molecule has 1 aromatic rings. The second-order valence-corrected chi connectivity index (χ2v) is 13.2. The highest BCUT2D eigenvalue weighted by molar-refractivity contribution is 8.12. The highest BCUT2D eigenvalue weighted by Gasteiger charge is 2.39. The van der Waals surface area contributed by atoms with Crippen molar-refractivity contribution in [1.29, 1.82) is 0 Å². The lowest BCUT2D eigenvalue weighted by Crippen LogP contribution is -2.44. The fraction of sp³-hybridized carbons (Fsp3) is 0.556. The Morgan fingerprint density at radius 1 is 1.17 bits per heavy atom. The van der Waals surface area contributed by atoms with Crippen molar-refractivity contribution in [2.75, 3.05) is 0 Å². The van der Waals surface area contributed by atoms with E-state index in [4.69, 9.17) is 9.53 Å². The van der Waals surface area contributed by atoms with Crippen LogP contribution in [0, 0.1) is 0 Å². The standard InChI is InChI=1S/C18H28O4SSi/c1-18(2,3)24(4,5)22-15(11-16(19)20)12-17(21)23-13-14-9-7-6-8-10-14/h6-10,15H,11-13H2,1-5H3,(H,19,20)/t15-/m0/s1. The minimum Gasteiger partial charge on any atom is -0.481 e. The van der Waals surface area contributed by atoms with E-state index in [9.17, 15) is 9.59 Å². The van der Waals surface area contributed by atoms with Gasteiger partial charge < -0.3 is 9.53 Å². The third-order valence-electron chi connectivity index (χ3n) is 4.31. The van der Waals surface area contributed by atoms with E-state index in [1.165, 1.54) is 11.8 Å². The zero-order valence-corrected chi connectivity index (χ0v) is 17.0. The number of aliphatic carboxylic acids is 1. The van der Waals surface area contributed by atoms with E-state index in [-0.39, 0.29) is 23.0 Å². The van der Waals surface area contributed by atoms with E-state index in [1.807, 2.05) is 30.3 Å². The Morgan fingerprint density at radius 2 is 1.75 bits per heavy atom. The number of carboxylic acid groups (broad SMARTS) is 1. The first-order chi connectivity index (χ1) is 11.0. The van der Waals surface area contributed by atoms with Gasteiger partial charge in [0.15, 0.2) is 13.4 Å². The van der Waals surface area contributed by atoms with E-state index in [1.54, 1.807) is 0 Å². The lowest BCUT2D eigenvalue weighted by Gasteiger charge is -2.38. The maximum absolute atomic E-state index is 12.2. The number of rotatable bonds is 8. The van der Waals surface area contributed by atoms with Crippen molar-refractivity contribution in [2.24, 2.45) is 0 Å². The molecule has 0 unspecified atom stereocenters. The Morgan fingerprint density at radius 3 is 2.25 bits per heavy atom. The molecule has 0 aromatic heterocycles. The maximum Gasteiger partial charge on any atom is 0.305 e. The van der Waals surface area contributed by atoms with Gasteiger partial charge in [-0.05, 0) is 23.7 Å². The van der Waals surface area contributed by atoms with Crippen LogP contribution < -0.4 is 0 Å². The van der Waals surface area contributed by atoms with Crippen molar-refractivity contribution >= 4 is 31.2 Å². The summed E-state index contributed by atoms with van der Waals surface area (Å²) < 4.78 is 6.16. The average Bonchev–Trinajstić information content (AvgIpc) is 2.43. The molecule has 1 atom stereocenters. The molecule has 0 radical (unpaired) electrons. The number of carbonyl (C=O) groups excluding carboxylic acids is 1. The van der Waals surface area contributed by atoms with Gasteiger partial charge in [0.1, 0.15) is 0 Å². The number of benzene rings is 1. The second kappa shape index (κ2) is 8.83. The van der Waals surface area contributed by atoms with Crippen molar-refractivity contribution in [1.82, 2.24) is 0 Å². The quantitative estimate of drug-likeness (QED) is 0.674. The summed E-state index contributed by atoms with van der Waals surface area (Å²) in [6.45, 7) is 10.4. The minimum absolute atomic E-state index is 0.0238. The van der Waals surface area contributed by atoms with E-state index < -0.39 is 20.4 Å². The summed E-state index contributed by atoms with van der Waals surface area (Å²) in [5.41, 5.74) is 1.08. The Balaban J connectivity index is 2.65. The van der Waals surface area contributed by atoms with Crippen LogP contribution in [0.3, 0.4) is 0 Å². The molecule has 4 nitrogen and oxygen atoms in total. The molecule has 1 N–H and O–H groups in total. The predicted octanol–water partition coefficient (Wildman–Crippen LogP) is 4.70. The summed E-state index contributed by atoms with van der Waals surface area (Å²) in [6, 6.07) is 9.76. The molecule has 1 rings (SSSR count). The van der Waals surface area contributed by atoms with Crippen molar-refractivity contribution < 1.29 is 19.1 Å². The molecule has 0 saturated carbocycles. The summed E-state index contributed by atoms with van der Waals surface area (Å²) >= 11 is 1.22. The van der Waals surface area contributed by atoms with Crippen LogP contribution >= 0.6 is 11.8 Å². The number of carboxylic acids is 1. The van der Waals surface area contributed by atoms with Crippen LogP contribution in [0.1, 0.15) is 39.2 Å². The summed E-state index contributed by atoms with van der Waals surface area (Å²) in [7, 11) is -2.11. The van der Waals surface area contributed by atoms with Gasteiger partial charge in [-0.15, -0.1) is 0 Å². The first kappa shape index (κ1) is 20.9. The third kappa shape index (κ3) is 7.19. The Bertz CT molecular complexity index is 552. The zero-order valence-electron chi connectivity index (χ0n) is 15.2. The molecule has 0 heterocycles. The molecule has 0 aliphatic carbocycles. The summed E-state index contributed by atoms with van der Waals surface area (Å²) in [4.78, 5) is 23.4. The molecule has 0 saturated heterocycles. The summed E-state index contributed by atoms with van der Waals surface area (Å²) in [5.74, 6) is -0.334. The molecule has 0 fully saturated rings. The number of hydrogen-bond acceptors (Lipinski definition) is 4. The number of carbonyl (C=O) groups is 2. The Labute approximate surface area is 150 Å². The molecular formula is C18H28O4SSi. The topological polar surface area (TPSA) is 63.6 Å². The first-order valence-corrected chi connectivity index (χ1v) is 12.0. The van der Waals surface area contributed by atoms with Gasteiger partial charge in [-0.2, -0.15) is 0 Å². The highest BCUT2D eigenvalue weighted by atomic mass is 32.2. The van der Waals surface area contributed by atoms with Crippen LogP contribution in [0.5, 0.6) is 0 Å². The van der Waals surface area contributed by atoms with Gasteiger partial charge in [0, 0.05) is 12.2 Å². The van der Waals surface area contributed by atoms with Crippen LogP contribution in [-0.2, 0) is 19.8 Å². The van der Waals surface area contributed by atoms with E-state index >= 15 is 0 Å². The monoisotopic (exact) mass is 368 g/mol. The third-order valence-corrected chi connectivity index (χ3v) is 9.81. The van der Waals surface area contributed by atoms with Crippen molar-refractivity contribution in [3.05, 3.63) is 35.9 Å². The summed E-state index contributed by atoms with van der Waals surface area (Å²) in [5, 5.41) is 9.07. The van der Waals surface area contributed by atoms with E-state index in [0.717, 1.165) is 5.56 Å². The van der Waals surface area contributed by atoms with Crippen molar-refractivity contribution in [3.63, 3.8) is 0 Å². The predicted molar refractivity (Wildman–Crippen MR) is 102 cm³/mol. The highest BCUT2D eigenvalue weighted by Crippen LogP contribution is 2.38.